The molecule has 15 heavy (non-hydrogen) atoms. The number of nitrogens with two attached hydrogens (primary N) is 1. The highest BCUT2D eigenvalue weighted by atomic mass is 16.5. The molecular formula is C12H26N2O. The van der Waals surface area contributed by atoms with E-state index in [1.54, 1.807) is 0 Å². The SMILES string of the molecule is CCCN(CCC)CC1(C)COCC1N. The lowest BCUT2D eigenvalue weighted by Crippen LogP contribution is -2.47. The third-order valence-corrected chi connectivity index (χ3v) is 3.29. The molecule has 2 unspecified atom stereocenters. The molecule has 0 amide bonds. The quantitative estimate of drug-likeness (QED) is 0.728. The van der Waals surface area contributed by atoms with E-state index in [-0.39, 0.29) is 11.5 Å². The van der Waals surface area contributed by atoms with Crippen molar-refractivity contribution >= 4 is 0 Å². The first-order valence-electron chi connectivity index (χ1n) is 6.18. The highest BCUT2D eigenvalue weighted by molar-refractivity contribution is 4.92. The topological polar surface area (TPSA) is 38.5 Å². The van der Waals surface area contributed by atoms with Gasteiger partial charge in [-0.2, -0.15) is 0 Å². The van der Waals surface area contributed by atoms with Crippen LogP contribution in [0.25, 0.3) is 0 Å². The van der Waals surface area contributed by atoms with Gasteiger partial charge in [-0.15, -0.1) is 0 Å². The van der Waals surface area contributed by atoms with Crippen molar-refractivity contribution in [1.29, 1.82) is 0 Å². The number of nitrogens with zero attached hydrogens (tertiary/aromatic N) is 1. The molecule has 0 bridgehead atoms. The molecule has 0 aromatic rings. The zero-order valence-corrected chi connectivity index (χ0v) is 10.5. The van der Waals surface area contributed by atoms with Crippen molar-refractivity contribution in [2.75, 3.05) is 32.8 Å². The van der Waals surface area contributed by atoms with Crippen molar-refractivity contribution in [2.45, 2.75) is 39.7 Å². The van der Waals surface area contributed by atoms with Gasteiger partial charge < -0.3 is 15.4 Å². The summed E-state index contributed by atoms with van der Waals surface area (Å²) in [4.78, 5) is 2.52. The van der Waals surface area contributed by atoms with Crippen molar-refractivity contribution in [3.05, 3.63) is 0 Å². The van der Waals surface area contributed by atoms with Crippen LogP contribution >= 0.6 is 0 Å². The zero-order valence-electron chi connectivity index (χ0n) is 10.5. The minimum Gasteiger partial charge on any atom is -0.379 e. The van der Waals surface area contributed by atoms with Crippen molar-refractivity contribution in [3.8, 4) is 0 Å². The van der Waals surface area contributed by atoms with E-state index in [2.05, 4.69) is 25.7 Å². The molecule has 0 aromatic heterocycles. The maximum Gasteiger partial charge on any atom is 0.0624 e. The van der Waals surface area contributed by atoms with Gasteiger partial charge in [0.25, 0.3) is 0 Å². The predicted molar refractivity (Wildman–Crippen MR) is 63.9 cm³/mol. The Labute approximate surface area is 94.0 Å². The van der Waals surface area contributed by atoms with Crippen LogP contribution < -0.4 is 5.73 Å². The van der Waals surface area contributed by atoms with E-state index in [4.69, 9.17) is 10.5 Å². The lowest BCUT2D eigenvalue weighted by atomic mass is 9.85. The van der Waals surface area contributed by atoms with Crippen LogP contribution in [0.1, 0.15) is 33.6 Å². The van der Waals surface area contributed by atoms with Crippen LogP contribution in [0.5, 0.6) is 0 Å². The Balaban J connectivity index is 2.48. The Kier molecular flexibility index (Phi) is 5.03. The van der Waals surface area contributed by atoms with Gasteiger partial charge in [-0.1, -0.05) is 20.8 Å². The summed E-state index contributed by atoms with van der Waals surface area (Å²) >= 11 is 0. The second-order valence-corrected chi connectivity index (χ2v) is 5.05. The molecule has 1 aliphatic heterocycles. The Morgan fingerprint density at radius 2 is 1.93 bits per heavy atom. The zero-order chi connectivity index (χ0) is 11.3. The Bertz CT molecular complexity index is 180. The predicted octanol–water partition coefficient (Wildman–Crippen LogP) is 1.47. The molecule has 0 spiro atoms. The van der Waals surface area contributed by atoms with Crippen LogP contribution in [-0.4, -0.2) is 43.8 Å². The first-order chi connectivity index (χ1) is 7.12. The van der Waals surface area contributed by atoms with E-state index < -0.39 is 0 Å². The second kappa shape index (κ2) is 5.83. The molecule has 1 fully saturated rings. The Morgan fingerprint density at radius 3 is 2.33 bits per heavy atom. The minimum absolute atomic E-state index is 0.157. The fourth-order valence-corrected chi connectivity index (χ4v) is 2.30. The maximum absolute atomic E-state index is 6.10. The Hall–Kier alpha value is -0.120. The molecule has 3 nitrogen and oxygen atoms in total. The lowest BCUT2D eigenvalue weighted by Gasteiger charge is -2.33. The highest BCUT2D eigenvalue weighted by Gasteiger charge is 2.38. The highest BCUT2D eigenvalue weighted by Crippen LogP contribution is 2.28. The molecule has 3 heteroatoms. The molecule has 0 radical (unpaired) electrons. The van der Waals surface area contributed by atoms with Crippen molar-refractivity contribution in [3.63, 3.8) is 0 Å². The van der Waals surface area contributed by atoms with E-state index in [1.807, 2.05) is 0 Å². The smallest absolute Gasteiger partial charge is 0.0624 e. The molecule has 90 valence electrons. The van der Waals surface area contributed by atoms with E-state index in [0.29, 0.717) is 0 Å². The van der Waals surface area contributed by atoms with E-state index in [0.717, 1.165) is 19.8 Å². The average Bonchev–Trinajstić information content (AvgIpc) is 2.48. The van der Waals surface area contributed by atoms with Gasteiger partial charge in [0.05, 0.1) is 13.2 Å². The number of rotatable bonds is 6. The van der Waals surface area contributed by atoms with Gasteiger partial charge >= 0.3 is 0 Å². The van der Waals surface area contributed by atoms with Crippen LogP contribution in [0.4, 0.5) is 0 Å². The van der Waals surface area contributed by atoms with Crippen LogP contribution in [0, 0.1) is 5.41 Å². The molecule has 0 aromatic carbocycles. The van der Waals surface area contributed by atoms with Crippen LogP contribution in [0.2, 0.25) is 0 Å². The summed E-state index contributed by atoms with van der Waals surface area (Å²) in [5.74, 6) is 0. The minimum atomic E-state index is 0.157. The van der Waals surface area contributed by atoms with Gasteiger partial charge in [0.15, 0.2) is 0 Å². The monoisotopic (exact) mass is 214 g/mol. The molecule has 1 aliphatic rings. The number of hydrogen-bond donors (Lipinski definition) is 1. The average molecular weight is 214 g/mol. The van der Waals surface area contributed by atoms with Crippen molar-refractivity contribution in [1.82, 2.24) is 4.90 Å². The fraction of sp³-hybridized carbons (Fsp3) is 1.00. The van der Waals surface area contributed by atoms with Crippen molar-refractivity contribution < 1.29 is 4.74 Å². The van der Waals surface area contributed by atoms with Crippen LogP contribution in [0.15, 0.2) is 0 Å². The molecule has 1 saturated heterocycles. The largest absolute Gasteiger partial charge is 0.379 e. The standard InChI is InChI=1S/C12H26N2O/c1-4-6-14(7-5-2)9-12(3)10-15-8-11(12)13/h11H,4-10,13H2,1-3H3. The van der Waals surface area contributed by atoms with Gasteiger partial charge in [-0.3, -0.25) is 0 Å². The third kappa shape index (κ3) is 3.44. The lowest BCUT2D eigenvalue weighted by molar-refractivity contribution is 0.118. The molecule has 1 rings (SSSR count). The second-order valence-electron chi connectivity index (χ2n) is 5.05. The maximum atomic E-state index is 6.10. The van der Waals surface area contributed by atoms with E-state index in [1.165, 1.54) is 25.9 Å². The Morgan fingerprint density at radius 1 is 1.33 bits per heavy atom. The summed E-state index contributed by atoms with van der Waals surface area (Å²) < 4.78 is 5.48. The van der Waals surface area contributed by atoms with Gasteiger partial charge in [-0.05, 0) is 25.9 Å². The summed E-state index contributed by atoms with van der Waals surface area (Å²) in [6.07, 6.45) is 2.43. The molecule has 0 saturated carbocycles. The first kappa shape index (κ1) is 12.9. The molecule has 1 heterocycles. The summed E-state index contributed by atoms with van der Waals surface area (Å²) in [6, 6.07) is 0.203. The fourth-order valence-electron chi connectivity index (χ4n) is 2.30. The summed E-state index contributed by atoms with van der Waals surface area (Å²) in [7, 11) is 0. The summed E-state index contributed by atoms with van der Waals surface area (Å²) in [5.41, 5.74) is 6.26. The van der Waals surface area contributed by atoms with Crippen LogP contribution in [0.3, 0.4) is 0 Å². The third-order valence-electron chi connectivity index (χ3n) is 3.29. The van der Waals surface area contributed by atoms with Gasteiger partial charge in [-0.25, -0.2) is 0 Å². The first-order valence-corrected chi connectivity index (χ1v) is 6.18. The number of ether oxygens (including phenoxy) is 1. The van der Waals surface area contributed by atoms with Gasteiger partial charge in [0.2, 0.25) is 0 Å². The van der Waals surface area contributed by atoms with Crippen LogP contribution in [-0.2, 0) is 4.74 Å². The molecule has 0 aliphatic carbocycles. The molecule has 2 atom stereocenters. The van der Waals surface area contributed by atoms with E-state index >= 15 is 0 Å². The van der Waals surface area contributed by atoms with E-state index in [9.17, 15) is 0 Å². The molecule has 2 N–H and O–H groups in total. The molecular weight excluding hydrogens is 188 g/mol. The summed E-state index contributed by atoms with van der Waals surface area (Å²) in [5, 5.41) is 0. The normalized spacial score (nSPS) is 31.4. The van der Waals surface area contributed by atoms with Crippen molar-refractivity contribution in [2.24, 2.45) is 11.1 Å². The summed E-state index contributed by atoms with van der Waals surface area (Å²) in [6.45, 7) is 11.7. The van der Waals surface area contributed by atoms with Gasteiger partial charge in [0, 0.05) is 18.0 Å². The number of hydrogen-bond acceptors (Lipinski definition) is 3. The van der Waals surface area contributed by atoms with Gasteiger partial charge in [0.1, 0.15) is 0 Å².